The molecule has 3 rings (SSSR count). The van der Waals surface area contributed by atoms with Crippen LogP contribution in [0.25, 0.3) is 11.6 Å². The summed E-state index contributed by atoms with van der Waals surface area (Å²) in [7, 11) is 0. The average molecular weight is 292 g/mol. The summed E-state index contributed by atoms with van der Waals surface area (Å²) in [6, 6.07) is 17.6. The summed E-state index contributed by atoms with van der Waals surface area (Å²) in [6.45, 7) is 0.317. The van der Waals surface area contributed by atoms with Gasteiger partial charge in [0.05, 0.1) is 0 Å². The average Bonchev–Trinajstić information content (AvgIpc) is 2.59. The van der Waals surface area contributed by atoms with Crippen LogP contribution in [-0.2, 0) is 12.8 Å². The summed E-state index contributed by atoms with van der Waals surface area (Å²) >= 11 is 0. The number of hydrogen-bond donors (Lipinski definition) is 1. The quantitative estimate of drug-likeness (QED) is 0.752. The Kier molecular flexibility index (Phi) is 5.07. The molecule has 1 aliphatic rings. The van der Waals surface area contributed by atoms with Crippen molar-refractivity contribution in [2.75, 3.05) is 6.61 Å². The SMILES string of the molecule is OCCCCCc1ccc2c(c1)CCC(c1ccccc1)=C2. The number of benzene rings is 2. The largest absolute Gasteiger partial charge is 0.396 e. The highest BCUT2D eigenvalue weighted by molar-refractivity contribution is 5.84. The van der Waals surface area contributed by atoms with Gasteiger partial charge in [0.25, 0.3) is 0 Å². The second kappa shape index (κ2) is 7.42. The summed E-state index contributed by atoms with van der Waals surface area (Å²) in [5.74, 6) is 0. The molecule has 0 saturated carbocycles. The monoisotopic (exact) mass is 292 g/mol. The summed E-state index contributed by atoms with van der Waals surface area (Å²) in [5, 5.41) is 8.83. The smallest absolute Gasteiger partial charge is 0.0431 e. The number of aryl methyl sites for hydroxylation is 2. The molecular formula is C21H24O. The Balaban J connectivity index is 1.72. The molecule has 0 saturated heterocycles. The van der Waals surface area contributed by atoms with Gasteiger partial charge in [-0.2, -0.15) is 0 Å². The van der Waals surface area contributed by atoms with Gasteiger partial charge in [-0.05, 0) is 59.9 Å². The topological polar surface area (TPSA) is 20.2 Å². The lowest BCUT2D eigenvalue weighted by Crippen LogP contribution is -2.00. The van der Waals surface area contributed by atoms with Crippen LogP contribution >= 0.6 is 0 Å². The molecule has 0 amide bonds. The Hall–Kier alpha value is -1.86. The minimum Gasteiger partial charge on any atom is -0.396 e. The molecule has 1 heteroatoms. The van der Waals surface area contributed by atoms with Crippen LogP contribution in [0, 0.1) is 0 Å². The van der Waals surface area contributed by atoms with Gasteiger partial charge in [0.15, 0.2) is 0 Å². The molecule has 0 fully saturated rings. The summed E-state index contributed by atoms with van der Waals surface area (Å²) in [5.41, 5.74) is 7.10. The highest BCUT2D eigenvalue weighted by Crippen LogP contribution is 2.31. The fourth-order valence-corrected chi connectivity index (χ4v) is 3.20. The Morgan fingerprint density at radius 1 is 0.864 bits per heavy atom. The normalized spacial score (nSPS) is 13.6. The van der Waals surface area contributed by atoms with Crippen molar-refractivity contribution in [2.24, 2.45) is 0 Å². The fourth-order valence-electron chi connectivity index (χ4n) is 3.20. The van der Waals surface area contributed by atoms with Gasteiger partial charge in [-0.1, -0.05) is 61.0 Å². The Morgan fingerprint density at radius 2 is 1.73 bits per heavy atom. The molecular weight excluding hydrogens is 268 g/mol. The van der Waals surface area contributed by atoms with Crippen molar-refractivity contribution in [3.8, 4) is 0 Å². The maximum absolute atomic E-state index is 8.83. The van der Waals surface area contributed by atoms with Crippen molar-refractivity contribution in [3.63, 3.8) is 0 Å². The molecule has 0 spiro atoms. The number of fused-ring (bicyclic) bond motifs is 1. The first-order chi connectivity index (χ1) is 10.9. The summed E-state index contributed by atoms with van der Waals surface area (Å²) in [4.78, 5) is 0. The number of aliphatic hydroxyl groups is 1. The van der Waals surface area contributed by atoms with Crippen molar-refractivity contribution >= 4 is 11.6 Å². The summed E-state index contributed by atoms with van der Waals surface area (Å²) in [6.07, 6.45) is 8.96. The predicted octanol–water partition coefficient (Wildman–Crippen LogP) is 4.88. The van der Waals surface area contributed by atoms with Crippen molar-refractivity contribution < 1.29 is 5.11 Å². The highest BCUT2D eigenvalue weighted by atomic mass is 16.2. The first-order valence-electron chi connectivity index (χ1n) is 8.35. The van der Waals surface area contributed by atoms with E-state index in [1.54, 1.807) is 0 Å². The standard InChI is InChI=1S/C21H24O/c22-14-6-2-3-7-17-10-11-21-16-20(13-12-19(21)15-17)18-8-4-1-5-9-18/h1,4-5,8-11,15-16,22H,2-3,6-7,12-14H2. The molecule has 0 unspecified atom stereocenters. The van der Waals surface area contributed by atoms with E-state index in [4.69, 9.17) is 5.11 Å². The molecule has 0 heterocycles. The molecule has 1 N–H and O–H groups in total. The van der Waals surface area contributed by atoms with Crippen molar-refractivity contribution in [1.82, 2.24) is 0 Å². The number of rotatable bonds is 6. The zero-order valence-electron chi connectivity index (χ0n) is 13.1. The van der Waals surface area contributed by atoms with Crippen LogP contribution in [0.3, 0.4) is 0 Å². The third kappa shape index (κ3) is 3.66. The van der Waals surface area contributed by atoms with E-state index in [1.165, 1.54) is 34.2 Å². The van der Waals surface area contributed by atoms with Crippen LogP contribution in [0.4, 0.5) is 0 Å². The van der Waals surface area contributed by atoms with E-state index in [0.29, 0.717) is 6.61 Å². The first kappa shape index (κ1) is 15.1. The van der Waals surface area contributed by atoms with Crippen LogP contribution in [0.15, 0.2) is 48.5 Å². The van der Waals surface area contributed by atoms with E-state index in [-0.39, 0.29) is 0 Å². The molecule has 114 valence electrons. The molecule has 22 heavy (non-hydrogen) atoms. The first-order valence-corrected chi connectivity index (χ1v) is 8.35. The van der Waals surface area contributed by atoms with E-state index >= 15 is 0 Å². The lowest BCUT2D eigenvalue weighted by molar-refractivity contribution is 0.283. The highest BCUT2D eigenvalue weighted by Gasteiger charge is 2.12. The van der Waals surface area contributed by atoms with Crippen molar-refractivity contribution in [1.29, 1.82) is 0 Å². The van der Waals surface area contributed by atoms with E-state index in [9.17, 15) is 0 Å². The minimum absolute atomic E-state index is 0.317. The molecule has 0 aliphatic heterocycles. The van der Waals surface area contributed by atoms with Gasteiger partial charge in [-0.3, -0.25) is 0 Å². The zero-order valence-corrected chi connectivity index (χ0v) is 13.1. The second-order valence-corrected chi connectivity index (χ2v) is 6.10. The van der Waals surface area contributed by atoms with E-state index < -0.39 is 0 Å². The van der Waals surface area contributed by atoms with Crippen molar-refractivity contribution in [2.45, 2.75) is 38.5 Å². The molecule has 0 atom stereocenters. The lowest BCUT2D eigenvalue weighted by Gasteiger charge is -2.18. The lowest BCUT2D eigenvalue weighted by atomic mass is 9.87. The zero-order chi connectivity index (χ0) is 15.2. The number of unbranched alkanes of at least 4 members (excludes halogenated alkanes) is 2. The van der Waals surface area contributed by atoms with Gasteiger partial charge in [-0.25, -0.2) is 0 Å². The van der Waals surface area contributed by atoms with E-state index in [1.807, 2.05) is 0 Å². The maximum Gasteiger partial charge on any atom is 0.0431 e. The molecule has 0 bridgehead atoms. The molecule has 0 aromatic heterocycles. The third-order valence-corrected chi connectivity index (χ3v) is 4.47. The molecule has 1 aliphatic carbocycles. The van der Waals surface area contributed by atoms with Gasteiger partial charge >= 0.3 is 0 Å². The number of allylic oxidation sites excluding steroid dienone is 1. The van der Waals surface area contributed by atoms with Gasteiger partial charge in [0.1, 0.15) is 0 Å². The number of hydrogen-bond acceptors (Lipinski definition) is 1. The Morgan fingerprint density at radius 3 is 2.55 bits per heavy atom. The van der Waals surface area contributed by atoms with Crippen LogP contribution < -0.4 is 0 Å². The summed E-state index contributed by atoms with van der Waals surface area (Å²) < 4.78 is 0. The van der Waals surface area contributed by atoms with Crippen LogP contribution in [0.1, 0.15) is 47.9 Å². The minimum atomic E-state index is 0.317. The maximum atomic E-state index is 8.83. The van der Waals surface area contributed by atoms with Gasteiger partial charge in [0.2, 0.25) is 0 Å². The third-order valence-electron chi connectivity index (χ3n) is 4.47. The number of aliphatic hydroxyl groups excluding tert-OH is 1. The fraction of sp³-hybridized carbons (Fsp3) is 0.333. The Labute approximate surface area is 133 Å². The van der Waals surface area contributed by atoms with E-state index in [0.717, 1.165) is 32.1 Å². The van der Waals surface area contributed by atoms with E-state index in [2.05, 4.69) is 54.6 Å². The van der Waals surface area contributed by atoms with Gasteiger partial charge in [-0.15, -0.1) is 0 Å². The molecule has 0 radical (unpaired) electrons. The van der Waals surface area contributed by atoms with Gasteiger partial charge < -0.3 is 5.11 Å². The molecule has 2 aromatic carbocycles. The van der Waals surface area contributed by atoms with Crippen molar-refractivity contribution in [3.05, 3.63) is 70.8 Å². The van der Waals surface area contributed by atoms with Crippen LogP contribution in [0.5, 0.6) is 0 Å². The predicted molar refractivity (Wildman–Crippen MR) is 93.7 cm³/mol. The van der Waals surface area contributed by atoms with Crippen LogP contribution in [-0.4, -0.2) is 11.7 Å². The second-order valence-electron chi connectivity index (χ2n) is 6.10. The Bertz CT molecular complexity index is 640. The van der Waals surface area contributed by atoms with Gasteiger partial charge in [0, 0.05) is 6.61 Å². The molecule has 2 aromatic rings. The van der Waals surface area contributed by atoms with Crippen LogP contribution in [0.2, 0.25) is 0 Å². The molecule has 1 nitrogen and oxygen atoms in total.